The van der Waals surface area contributed by atoms with Crippen LogP contribution in [0.25, 0.3) is 0 Å². The summed E-state index contributed by atoms with van der Waals surface area (Å²) in [5, 5.41) is 17.2. The molecule has 0 aromatic rings. The van der Waals surface area contributed by atoms with E-state index in [2.05, 4.69) is 4.74 Å². The summed E-state index contributed by atoms with van der Waals surface area (Å²) >= 11 is 0. The number of aliphatic carboxylic acids is 1. The van der Waals surface area contributed by atoms with Crippen molar-refractivity contribution in [1.29, 1.82) is 0 Å². The van der Waals surface area contributed by atoms with Crippen molar-refractivity contribution >= 4 is 12.1 Å². The summed E-state index contributed by atoms with van der Waals surface area (Å²) in [5.74, 6) is -1.36. The minimum Gasteiger partial charge on any atom is -0.480 e. The average Bonchev–Trinajstić information content (AvgIpc) is 2.46. The van der Waals surface area contributed by atoms with Crippen LogP contribution in [-0.4, -0.2) is 52.5 Å². The molecule has 0 saturated carbocycles. The summed E-state index contributed by atoms with van der Waals surface area (Å²) in [7, 11) is 0. The molecular formula is C7H9F2NO5. The first-order valence-electron chi connectivity index (χ1n) is 4.07. The van der Waals surface area contributed by atoms with Gasteiger partial charge in [0.05, 0.1) is 12.6 Å². The number of carbonyl (C=O) groups is 2. The molecule has 1 aliphatic rings. The van der Waals surface area contributed by atoms with Gasteiger partial charge in [-0.2, -0.15) is 8.78 Å². The number of likely N-dealkylation sites (tertiary alicyclic amines) is 1. The highest BCUT2D eigenvalue weighted by Gasteiger charge is 2.41. The van der Waals surface area contributed by atoms with Gasteiger partial charge in [0, 0.05) is 6.42 Å². The molecule has 8 heteroatoms. The van der Waals surface area contributed by atoms with Gasteiger partial charge < -0.3 is 14.9 Å². The quantitative estimate of drug-likeness (QED) is 0.727. The van der Waals surface area contributed by atoms with Crippen molar-refractivity contribution in [2.75, 3.05) is 6.54 Å². The van der Waals surface area contributed by atoms with E-state index in [0.29, 0.717) is 4.90 Å². The molecule has 1 fully saturated rings. The van der Waals surface area contributed by atoms with Gasteiger partial charge >= 0.3 is 18.7 Å². The zero-order chi connectivity index (χ0) is 11.6. The van der Waals surface area contributed by atoms with Gasteiger partial charge in [-0.15, -0.1) is 0 Å². The van der Waals surface area contributed by atoms with Gasteiger partial charge in [0.1, 0.15) is 6.04 Å². The van der Waals surface area contributed by atoms with Gasteiger partial charge in [-0.05, 0) is 0 Å². The second kappa shape index (κ2) is 4.39. The molecule has 0 aromatic carbocycles. The van der Waals surface area contributed by atoms with Crippen LogP contribution in [0.4, 0.5) is 13.6 Å². The fourth-order valence-corrected chi connectivity index (χ4v) is 1.49. The van der Waals surface area contributed by atoms with Crippen LogP contribution in [0, 0.1) is 0 Å². The summed E-state index contributed by atoms with van der Waals surface area (Å²) in [5.41, 5.74) is 0. The third kappa shape index (κ3) is 2.75. The zero-order valence-electron chi connectivity index (χ0n) is 7.47. The highest BCUT2D eigenvalue weighted by atomic mass is 19.3. The summed E-state index contributed by atoms with van der Waals surface area (Å²) in [4.78, 5) is 21.7. The maximum Gasteiger partial charge on any atom is 0.408 e. The lowest BCUT2D eigenvalue weighted by molar-refractivity contribution is -0.159. The molecule has 0 bridgehead atoms. The SMILES string of the molecule is O=C(O)[C@@H]1C[C@@H](OC(F)F)CN1C(=O)O. The van der Waals surface area contributed by atoms with Gasteiger partial charge in [0.25, 0.3) is 0 Å². The highest BCUT2D eigenvalue weighted by molar-refractivity contribution is 5.80. The van der Waals surface area contributed by atoms with Crippen molar-refractivity contribution in [2.24, 2.45) is 0 Å². The van der Waals surface area contributed by atoms with E-state index in [1.807, 2.05) is 0 Å². The van der Waals surface area contributed by atoms with Gasteiger partial charge in [0.15, 0.2) is 0 Å². The predicted molar refractivity (Wildman–Crippen MR) is 41.6 cm³/mol. The lowest BCUT2D eigenvalue weighted by Crippen LogP contribution is -2.39. The molecule has 0 unspecified atom stereocenters. The molecule has 15 heavy (non-hydrogen) atoms. The van der Waals surface area contributed by atoms with Crippen LogP contribution in [0.15, 0.2) is 0 Å². The van der Waals surface area contributed by atoms with E-state index >= 15 is 0 Å². The number of amides is 1. The van der Waals surface area contributed by atoms with Crippen molar-refractivity contribution in [3.05, 3.63) is 0 Å². The van der Waals surface area contributed by atoms with E-state index in [0.717, 1.165) is 0 Å². The molecule has 0 radical (unpaired) electrons. The molecule has 1 amide bonds. The van der Waals surface area contributed by atoms with Crippen molar-refractivity contribution in [3.63, 3.8) is 0 Å². The monoisotopic (exact) mass is 225 g/mol. The Morgan fingerprint density at radius 2 is 2.00 bits per heavy atom. The molecule has 1 saturated heterocycles. The Bertz CT molecular complexity index is 250. The summed E-state index contributed by atoms with van der Waals surface area (Å²) in [6, 6.07) is -1.31. The van der Waals surface area contributed by atoms with E-state index in [1.54, 1.807) is 0 Å². The van der Waals surface area contributed by atoms with Crippen LogP contribution in [0.2, 0.25) is 0 Å². The number of carboxylic acid groups (broad SMARTS) is 2. The van der Waals surface area contributed by atoms with E-state index in [-0.39, 0.29) is 13.0 Å². The number of ether oxygens (including phenoxy) is 1. The molecule has 1 heterocycles. The molecule has 1 aliphatic heterocycles. The van der Waals surface area contributed by atoms with E-state index in [4.69, 9.17) is 10.2 Å². The van der Waals surface area contributed by atoms with Gasteiger partial charge in [-0.1, -0.05) is 0 Å². The fraction of sp³-hybridized carbons (Fsp3) is 0.714. The number of rotatable bonds is 3. The predicted octanol–water partition coefficient (Wildman–Crippen LogP) is 0.431. The van der Waals surface area contributed by atoms with Crippen molar-refractivity contribution < 1.29 is 33.3 Å². The van der Waals surface area contributed by atoms with Crippen LogP contribution in [-0.2, 0) is 9.53 Å². The van der Waals surface area contributed by atoms with Gasteiger partial charge in [0.2, 0.25) is 0 Å². The Kier molecular flexibility index (Phi) is 3.40. The number of nitrogens with zero attached hydrogens (tertiary/aromatic N) is 1. The minimum atomic E-state index is -3.03. The number of hydrogen-bond acceptors (Lipinski definition) is 3. The molecule has 0 spiro atoms. The third-order valence-electron chi connectivity index (χ3n) is 2.09. The van der Waals surface area contributed by atoms with E-state index < -0.39 is 30.8 Å². The standard InChI is InChI=1S/C7H9F2NO5/c8-6(9)15-3-1-4(5(11)12)10(2-3)7(13)14/h3-4,6H,1-2H2,(H,11,12)(H,13,14)/t3-,4+/m1/s1. The van der Waals surface area contributed by atoms with Crippen LogP contribution >= 0.6 is 0 Å². The van der Waals surface area contributed by atoms with Crippen molar-refractivity contribution in [2.45, 2.75) is 25.2 Å². The second-order valence-electron chi connectivity index (χ2n) is 3.04. The van der Waals surface area contributed by atoms with Crippen LogP contribution in [0.1, 0.15) is 6.42 Å². The van der Waals surface area contributed by atoms with E-state index in [9.17, 15) is 18.4 Å². The first kappa shape index (κ1) is 11.6. The second-order valence-corrected chi connectivity index (χ2v) is 3.04. The molecule has 2 atom stereocenters. The summed E-state index contributed by atoms with van der Waals surface area (Å²) in [6.07, 6.45) is -2.78. The molecule has 0 aromatic heterocycles. The molecule has 2 N–H and O–H groups in total. The maximum atomic E-state index is 11.8. The lowest BCUT2D eigenvalue weighted by Gasteiger charge is -2.16. The largest absolute Gasteiger partial charge is 0.480 e. The molecule has 1 rings (SSSR count). The molecule has 86 valence electrons. The van der Waals surface area contributed by atoms with Crippen molar-refractivity contribution in [3.8, 4) is 0 Å². The fourth-order valence-electron chi connectivity index (χ4n) is 1.49. The number of halogens is 2. The van der Waals surface area contributed by atoms with Crippen molar-refractivity contribution in [1.82, 2.24) is 4.90 Å². The van der Waals surface area contributed by atoms with Crippen LogP contribution in [0.5, 0.6) is 0 Å². The van der Waals surface area contributed by atoms with Gasteiger partial charge in [-0.25, -0.2) is 9.59 Å². The Morgan fingerprint density at radius 3 is 2.33 bits per heavy atom. The highest BCUT2D eigenvalue weighted by Crippen LogP contribution is 2.22. The number of hydrogen-bond donors (Lipinski definition) is 2. The average molecular weight is 225 g/mol. The zero-order valence-corrected chi connectivity index (χ0v) is 7.47. The smallest absolute Gasteiger partial charge is 0.408 e. The third-order valence-corrected chi connectivity index (χ3v) is 2.09. The first-order valence-corrected chi connectivity index (χ1v) is 4.07. The number of alkyl halides is 2. The Hall–Kier alpha value is -1.44. The normalized spacial score (nSPS) is 25.9. The lowest BCUT2D eigenvalue weighted by atomic mass is 10.2. The molecular weight excluding hydrogens is 216 g/mol. The van der Waals surface area contributed by atoms with Crippen LogP contribution in [0.3, 0.4) is 0 Å². The Labute approximate surface area is 83.0 Å². The number of carboxylic acids is 1. The first-order chi connectivity index (χ1) is 6.91. The molecule has 0 aliphatic carbocycles. The van der Waals surface area contributed by atoms with E-state index in [1.165, 1.54) is 0 Å². The minimum absolute atomic E-state index is 0.258. The topological polar surface area (TPSA) is 87.1 Å². The van der Waals surface area contributed by atoms with Crippen LogP contribution < -0.4 is 0 Å². The Morgan fingerprint density at radius 1 is 1.40 bits per heavy atom. The Balaban J connectivity index is 2.65. The van der Waals surface area contributed by atoms with Gasteiger partial charge in [-0.3, -0.25) is 4.90 Å². The maximum absolute atomic E-state index is 11.8. The molecule has 6 nitrogen and oxygen atoms in total. The summed E-state index contributed by atoms with van der Waals surface area (Å²) in [6.45, 7) is -3.38. The summed E-state index contributed by atoms with van der Waals surface area (Å²) < 4.78 is 27.7.